The van der Waals surface area contributed by atoms with Gasteiger partial charge in [0.05, 0.1) is 12.2 Å². The lowest BCUT2D eigenvalue weighted by atomic mass is 9.85. The minimum Gasteiger partial charge on any atom is -0.462 e. The molecule has 1 aromatic rings. The maximum absolute atomic E-state index is 12.6. The summed E-state index contributed by atoms with van der Waals surface area (Å²) in [5.41, 5.74) is 0.112. The van der Waals surface area contributed by atoms with Crippen LogP contribution in [0.15, 0.2) is 0 Å². The molecule has 1 amide bonds. The second-order valence-electron chi connectivity index (χ2n) is 7.00. The number of fused-ring (bicyclic) bond motifs is 1. The first kappa shape index (κ1) is 20.4. The van der Waals surface area contributed by atoms with Gasteiger partial charge in [-0.25, -0.2) is 4.79 Å². The first-order valence-electron chi connectivity index (χ1n) is 9.02. The van der Waals surface area contributed by atoms with Gasteiger partial charge in [0.1, 0.15) is 5.00 Å². The second kappa shape index (κ2) is 8.20. The van der Waals surface area contributed by atoms with Crippen molar-refractivity contribution in [1.29, 1.82) is 0 Å². The fourth-order valence-electron chi connectivity index (χ4n) is 3.17. The molecule has 0 aromatic carbocycles. The molecule has 1 aromatic heterocycles. The number of esters is 2. The number of amides is 1. The zero-order chi connectivity index (χ0) is 19.5. The van der Waals surface area contributed by atoms with E-state index in [1.54, 1.807) is 6.92 Å². The number of hydrogen-bond donors (Lipinski definition) is 1. The van der Waals surface area contributed by atoms with Crippen LogP contribution in [0.25, 0.3) is 0 Å². The molecule has 0 spiro atoms. The smallest absolute Gasteiger partial charge is 0.341 e. The number of rotatable bonds is 6. The standard InChI is InChI=1S/C19H27NO5S/c1-6-12-8-9-13-14(10-12)26-16(15(13)17(22)24-7-2)20-18(23)19(4,5)25-11(3)21/h12H,6-10H2,1-5H3,(H,20,23). The predicted molar refractivity (Wildman–Crippen MR) is 101 cm³/mol. The molecule has 7 heteroatoms. The van der Waals surface area contributed by atoms with Crippen molar-refractivity contribution in [2.75, 3.05) is 11.9 Å². The summed E-state index contributed by atoms with van der Waals surface area (Å²) in [5.74, 6) is -0.825. The van der Waals surface area contributed by atoms with E-state index in [4.69, 9.17) is 9.47 Å². The van der Waals surface area contributed by atoms with Crippen LogP contribution in [-0.4, -0.2) is 30.1 Å². The van der Waals surface area contributed by atoms with Crippen molar-refractivity contribution in [3.05, 3.63) is 16.0 Å². The van der Waals surface area contributed by atoms with E-state index in [9.17, 15) is 14.4 Å². The third-order valence-electron chi connectivity index (χ3n) is 4.60. The van der Waals surface area contributed by atoms with E-state index < -0.39 is 23.4 Å². The summed E-state index contributed by atoms with van der Waals surface area (Å²) in [6.07, 6.45) is 3.83. The molecule has 1 heterocycles. The molecule has 6 nitrogen and oxygen atoms in total. The average Bonchev–Trinajstić information content (AvgIpc) is 2.90. The van der Waals surface area contributed by atoms with E-state index in [-0.39, 0.29) is 6.61 Å². The van der Waals surface area contributed by atoms with Crippen LogP contribution < -0.4 is 5.32 Å². The highest BCUT2D eigenvalue weighted by molar-refractivity contribution is 7.17. The maximum Gasteiger partial charge on any atom is 0.341 e. The van der Waals surface area contributed by atoms with Crippen LogP contribution in [0.4, 0.5) is 5.00 Å². The molecule has 0 aliphatic heterocycles. The Morgan fingerprint density at radius 1 is 1.27 bits per heavy atom. The van der Waals surface area contributed by atoms with Crippen molar-refractivity contribution < 1.29 is 23.9 Å². The maximum atomic E-state index is 12.6. The number of hydrogen-bond acceptors (Lipinski definition) is 6. The van der Waals surface area contributed by atoms with Crippen molar-refractivity contribution in [2.45, 2.75) is 65.9 Å². The molecule has 1 atom stereocenters. The van der Waals surface area contributed by atoms with E-state index in [0.717, 1.165) is 36.1 Å². The van der Waals surface area contributed by atoms with Gasteiger partial charge in [-0.3, -0.25) is 9.59 Å². The lowest BCUT2D eigenvalue weighted by Crippen LogP contribution is -2.41. The first-order valence-corrected chi connectivity index (χ1v) is 9.83. The number of nitrogens with one attached hydrogen (secondary N) is 1. The molecule has 0 saturated carbocycles. The Bertz CT molecular complexity index is 707. The molecule has 1 unspecified atom stereocenters. The largest absolute Gasteiger partial charge is 0.462 e. The van der Waals surface area contributed by atoms with Gasteiger partial charge in [0, 0.05) is 11.8 Å². The Kier molecular flexibility index (Phi) is 6.44. The minimum atomic E-state index is -1.33. The van der Waals surface area contributed by atoms with Crippen molar-refractivity contribution in [2.24, 2.45) is 5.92 Å². The number of ether oxygens (including phenoxy) is 2. The van der Waals surface area contributed by atoms with E-state index in [2.05, 4.69) is 12.2 Å². The highest BCUT2D eigenvalue weighted by Crippen LogP contribution is 2.41. The molecule has 1 aliphatic carbocycles. The predicted octanol–water partition coefficient (Wildman–Crippen LogP) is 3.72. The summed E-state index contributed by atoms with van der Waals surface area (Å²) in [4.78, 5) is 37.5. The summed E-state index contributed by atoms with van der Waals surface area (Å²) in [6.45, 7) is 8.50. The zero-order valence-corrected chi connectivity index (χ0v) is 16.9. The van der Waals surface area contributed by atoms with Crippen molar-refractivity contribution in [1.82, 2.24) is 0 Å². The number of anilines is 1. The van der Waals surface area contributed by atoms with Crippen LogP contribution in [0.1, 0.15) is 68.3 Å². The summed E-state index contributed by atoms with van der Waals surface area (Å²) >= 11 is 1.43. The van der Waals surface area contributed by atoms with Crippen LogP contribution >= 0.6 is 11.3 Å². The zero-order valence-electron chi connectivity index (χ0n) is 16.1. The number of carbonyl (C=O) groups is 3. The summed E-state index contributed by atoms with van der Waals surface area (Å²) in [5, 5.41) is 3.27. The van der Waals surface area contributed by atoms with Gasteiger partial charge in [0.15, 0.2) is 5.60 Å². The van der Waals surface area contributed by atoms with Crippen molar-refractivity contribution in [3.63, 3.8) is 0 Å². The fraction of sp³-hybridized carbons (Fsp3) is 0.632. The Hall–Kier alpha value is -1.89. The first-order chi connectivity index (χ1) is 12.2. The van der Waals surface area contributed by atoms with E-state index in [0.29, 0.717) is 16.5 Å². The normalized spacial score (nSPS) is 16.6. The highest BCUT2D eigenvalue weighted by Gasteiger charge is 2.35. The lowest BCUT2D eigenvalue weighted by molar-refractivity contribution is -0.160. The van der Waals surface area contributed by atoms with Crippen LogP contribution in [0, 0.1) is 5.92 Å². The summed E-state index contributed by atoms with van der Waals surface area (Å²) < 4.78 is 10.3. The SMILES string of the molecule is CCOC(=O)c1c(NC(=O)C(C)(C)OC(C)=O)sc2c1CCC(CC)C2. The molecular weight excluding hydrogens is 354 g/mol. The van der Waals surface area contributed by atoms with E-state index in [1.165, 1.54) is 32.1 Å². The van der Waals surface area contributed by atoms with Gasteiger partial charge in [0.25, 0.3) is 5.91 Å². The molecule has 144 valence electrons. The van der Waals surface area contributed by atoms with E-state index in [1.807, 2.05) is 0 Å². The molecule has 0 fully saturated rings. The molecule has 1 N–H and O–H groups in total. The van der Waals surface area contributed by atoms with E-state index >= 15 is 0 Å². The molecule has 2 rings (SSSR count). The third kappa shape index (κ3) is 4.44. The van der Waals surface area contributed by atoms with Crippen LogP contribution in [0.5, 0.6) is 0 Å². The van der Waals surface area contributed by atoms with Crippen molar-refractivity contribution >= 4 is 34.2 Å². The Morgan fingerprint density at radius 3 is 2.54 bits per heavy atom. The van der Waals surface area contributed by atoms with Crippen LogP contribution in [0.2, 0.25) is 0 Å². The molecule has 0 radical (unpaired) electrons. The Labute approximate surface area is 158 Å². The lowest BCUT2D eigenvalue weighted by Gasteiger charge is -2.23. The molecular formula is C19H27NO5S. The van der Waals surface area contributed by atoms with Gasteiger partial charge in [-0.05, 0) is 51.5 Å². The molecule has 0 bridgehead atoms. The van der Waals surface area contributed by atoms with Gasteiger partial charge in [-0.2, -0.15) is 0 Å². The van der Waals surface area contributed by atoms with Gasteiger partial charge >= 0.3 is 11.9 Å². The minimum absolute atomic E-state index is 0.271. The topological polar surface area (TPSA) is 81.7 Å². The number of thiophene rings is 1. The quantitative estimate of drug-likeness (QED) is 0.760. The Morgan fingerprint density at radius 2 is 1.96 bits per heavy atom. The van der Waals surface area contributed by atoms with Gasteiger partial charge in [0.2, 0.25) is 0 Å². The van der Waals surface area contributed by atoms with Gasteiger partial charge in [-0.15, -0.1) is 11.3 Å². The summed E-state index contributed by atoms with van der Waals surface area (Å²) in [7, 11) is 0. The average molecular weight is 381 g/mol. The van der Waals surface area contributed by atoms with Crippen LogP contribution in [0.3, 0.4) is 0 Å². The molecule has 26 heavy (non-hydrogen) atoms. The molecule has 1 aliphatic rings. The summed E-state index contributed by atoms with van der Waals surface area (Å²) in [6, 6.07) is 0. The molecule has 0 saturated heterocycles. The van der Waals surface area contributed by atoms with Crippen molar-refractivity contribution in [3.8, 4) is 0 Å². The van der Waals surface area contributed by atoms with Gasteiger partial charge in [-0.1, -0.05) is 13.3 Å². The van der Waals surface area contributed by atoms with Crippen LogP contribution in [-0.2, 0) is 31.9 Å². The second-order valence-corrected chi connectivity index (χ2v) is 8.11. The monoisotopic (exact) mass is 381 g/mol. The third-order valence-corrected chi connectivity index (χ3v) is 5.77. The van der Waals surface area contributed by atoms with Gasteiger partial charge < -0.3 is 14.8 Å². The highest BCUT2D eigenvalue weighted by atomic mass is 32.1. The Balaban J connectivity index is 2.35. The number of carbonyl (C=O) groups excluding carboxylic acids is 3. The fourth-order valence-corrected chi connectivity index (χ4v) is 4.51.